The van der Waals surface area contributed by atoms with Crippen LogP contribution in [0.15, 0.2) is 12.3 Å². The molecule has 1 aromatic heterocycles. The van der Waals surface area contributed by atoms with Crippen LogP contribution in [0.2, 0.25) is 0 Å². The van der Waals surface area contributed by atoms with Crippen LogP contribution in [0.3, 0.4) is 0 Å². The van der Waals surface area contributed by atoms with Crippen molar-refractivity contribution in [3.05, 3.63) is 12.3 Å². The summed E-state index contributed by atoms with van der Waals surface area (Å²) in [5, 5.41) is 0. The van der Waals surface area contributed by atoms with E-state index < -0.39 is 0 Å². The fraction of sp³-hybridized carbons (Fsp3) is 0.444. The number of nitrogen functional groups attached to an aromatic ring is 1. The molecule has 0 atom stereocenters. The van der Waals surface area contributed by atoms with Crippen molar-refractivity contribution in [1.29, 1.82) is 0 Å². The van der Waals surface area contributed by atoms with E-state index in [0.717, 1.165) is 0 Å². The summed E-state index contributed by atoms with van der Waals surface area (Å²) < 4.78 is 4.57. The SMILES string of the molecule is CCN(CC(=O)OC)c1nccc(N)n1. The average Bonchev–Trinajstić information content (AvgIpc) is 2.25. The fourth-order valence-electron chi connectivity index (χ4n) is 1.06. The van der Waals surface area contributed by atoms with Crippen LogP contribution in [0, 0.1) is 0 Å². The molecule has 0 aromatic carbocycles. The third-order valence-corrected chi connectivity index (χ3v) is 1.88. The molecule has 0 aliphatic carbocycles. The average molecular weight is 210 g/mol. The molecule has 0 aliphatic heterocycles. The normalized spacial score (nSPS) is 9.73. The summed E-state index contributed by atoms with van der Waals surface area (Å²) in [7, 11) is 1.34. The zero-order chi connectivity index (χ0) is 11.3. The quantitative estimate of drug-likeness (QED) is 0.707. The molecular weight excluding hydrogens is 196 g/mol. The molecule has 0 saturated heterocycles. The van der Waals surface area contributed by atoms with Crippen molar-refractivity contribution in [2.45, 2.75) is 6.92 Å². The van der Waals surface area contributed by atoms with Gasteiger partial charge in [0.2, 0.25) is 5.95 Å². The number of methoxy groups -OCH3 is 1. The van der Waals surface area contributed by atoms with Gasteiger partial charge in [-0.3, -0.25) is 4.79 Å². The number of esters is 1. The van der Waals surface area contributed by atoms with E-state index in [2.05, 4.69) is 14.7 Å². The van der Waals surface area contributed by atoms with Crippen LogP contribution < -0.4 is 10.6 Å². The molecule has 0 aliphatic rings. The number of aromatic nitrogens is 2. The largest absolute Gasteiger partial charge is 0.468 e. The lowest BCUT2D eigenvalue weighted by atomic mass is 10.5. The van der Waals surface area contributed by atoms with Gasteiger partial charge in [-0.25, -0.2) is 4.98 Å². The first kappa shape index (κ1) is 11.2. The van der Waals surface area contributed by atoms with E-state index in [-0.39, 0.29) is 12.5 Å². The summed E-state index contributed by atoms with van der Waals surface area (Å²) in [5.74, 6) is 0.481. The number of hydrogen-bond acceptors (Lipinski definition) is 6. The topological polar surface area (TPSA) is 81.3 Å². The molecule has 6 heteroatoms. The van der Waals surface area contributed by atoms with Gasteiger partial charge in [0.05, 0.1) is 7.11 Å². The first-order chi connectivity index (χ1) is 7.17. The number of hydrogen-bond donors (Lipinski definition) is 1. The van der Waals surface area contributed by atoms with Gasteiger partial charge in [0.1, 0.15) is 12.4 Å². The minimum atomic E-state index is -0.331. The van der Waals surface area contributed by atoms with Crippen molar-refractivity contribution in [3.8, 4) is 0 Å². The molecule has 0 unspecified atom stereocenters. The second-order valence-electron chi connectivity index (χ2n) is 2.87. The molecule has 6 nitrogen and oxygen atoms in total. The van der Waals surface area contributed by atoms with Crippen LogP contribution in [0.1, 0.15) is 6.92 Å². The van der Waals surface area contributed by atoms with E-state index in [4.69, 9.17) is 5.73 Å². The van der Waals surface area contributed by atoms with Crippen LogP contribution in [0.25, 0.3) is 0 Å². The highest BCUT2D eigenvalue weighted by Crippen LogP contribution is 2.07. The number of likely N-dealkylation sites (N-methyl/N-ethyl adjacent to an activating group) is 1. The van der Waals surface area contributed by atoms with Crippen LogP contribution in [0.4, 0.5) is 11.8 Å². The van der Waals surface area contributed by atoms with E-state index in [9.17, 15) is 4.79 Å². The summed E-state index contributed by atoms with van der Waals surface area (Å²) in [6.45, 7) is 2.63. The molecule has 1 heterocycles. The molecule has 1 aromatic rings. The summed E-state index contributed by atoms with van der Waals surface area (Å²) in [6.07, 6.45) is 1.55. The third kappa shape index (κ3) is 3.08. The highest BCUT2D eigenvalue weighted by Gasteiger charge is 2.12. The molecular formula is C9H14N4O2. The van der Waals surface area contributed by atoms with Crippen molar-refractivity contribution in [1.82, 2.24) is 9.97 Å². The van der Waals surface area contributed by atoms with Gasteiger partial charge < -0.3 is 15.4 Å². The Labute approximate surface area is 88.1 Å². The smallest absolute Gasteiger partial charge is 0.325 e. The minimum Gasteiger partial charge on any atom is -0.468 e. The fourth-order valence-corrected chi connectivity index (χ4v) is 1.06. The highest BCUT2D eigenvalue weighted by atomic mass is 16.5. The summed E-state index contributed by atoms with van der Waals surface area (Å²) in [5.41, 5.74) is 5.52. The number of carbonyl (C=O) groups excluding carboxylic acids is 1. The lowest BCUT2D eigenvalue weighted by molar-refractivity contribution is -0.138. The van der Waals surface area contributed by atoms with E-state index in [1.165, 1.54) is 7.11 Å². The number of rotatable bonds is 4. The van der Waals surface area contributed by atoms with Crippen molar-refractivity contribution < 1.29 is 9.53 Å². The second kappa shape index (κ2) is 5.14. The van der Waals surface area contributed by atoms with Crippen LogP contribution in [0.5, 0.6) is 0 Å². The third-order valence-electron chi connectivity index (χ3n) is 1.88. The standard InChI is InChI=1S/C9H14N4O2/c1-3-13(6-8(14)15-2)9-11-5-4-7(10)12-9/h4-5H,3,6H2,1-2H3,(H2,10,11,12). The van der Waals surface area contributed by atoms with Gasteiger partial charge in [0, 0.05) is 12.7 Å². The molecule has 1 rings (SSSR count). The van der Waals surface area contributed by atoms with Crippen LogP contribution in [-0.2, 0) is 9.53 Å². The van der Waals surface area contributed by atoms with Gasteiger partial charge in [-0.2, -0.15) is 4.98 Å². The Morgan fingerprint density at radius 1 is 1.67 bits per heavy atom. The lowest BCUT2D eigenvalue weighted by Crippen LogP contribution is -2.31. The lowest BCUT2D eigenvalue weighted by Gasteiger charge is -2.18. The first-order valence-corrected chi connectivity index (χ1v) is 4.57. The number of nitrogens with two attached hydrogens (primary N) is 1. The first-order valence-electron chi connectivity index (χ1n) is 4.57. The molecule has 0 bridgehead atoms. The second-order valence-corrected chi connectivity index (χ2v) is 2.87. The molecule has 2 N–H and O–H groups in total. The number of carbonyl (C=O) groups is 1. The molecule has 82 valence electrons. The van der Waals surface area contributed by atoms with E-state index in [1.807, 2.05) is 6.92 Å². The maximum absolute atomic E-state index is 11.1. The maximum Gasteiger partial charge on any atom is 0.325 e. The zero-order valence-corrected chi connectivity index (χ0v) is 8.80. The maximum atomic E-state index is 11.1. The molecule has 0 spiro atoms. The van der Waals surface area contributed by atoms with Crippen molar-refractivity contribution >= 4 is 17.7 Å². The minimum absolute atomic E-state index is 0.121. The Morgan fingerprint density at radius 2 is 2.40 bits per heavy atom. The van der Waals surface area contributed by atoms with Gasteiger partial charge in [0.15, 0.2) is 0 Å². The van der Waals surface area contributed by atoms with Gasteiger partial charge in [-0.15, -0.1) is 0 Å². The Bertz CT molecular complexity index is 343. The Balaban J connectivity index is 2.78. The molecule has 0 radical (unpaired) electrons. The van der Waals surface area contributed by atoms with Crippen LogP contribution in [-0.4, -0.2) is 36.1 Å². The predicted molar refractivity (Wildman–Crippen MR) is 56.3 cm³/mol. The molecule has 0 saturated carbocycles. The van der Waals surface area contributed by atoms with Crippen molar-refractivity contribution in [2.75, 3.05) is 30.8 Å². The predicted octanol–water partition coefficient (Wildman–Crippen LogP) is 0.0581. The number of nitrogens with zero attached hydrogens (tertiary/aromatic N) is 3. The van der Waals surface area contributed by atoms with Gasteiger partial charge in [-0.1, -0.05) is 0 Å². The Morgan fingerprint density at radius 3 is 2.93 bits per heavy atom. The van der Waals surface area contributed by atoms with E-state index >= 15 is 0 Å². The summed E-state index contributed by atoms with van der Waals surface area (Å²) in [4.78, 5) is 20.8. The van der Waals surface area contributed by atoms with Gasteiger partial charge in [0.25, 0.3) is 0 Å². The van der Waals surface area contributed by atoms with Gasteiger partial charge >= 0.3 is 5.97 Å². The Hall–Kier alpha value is -1.85. The van der Waals surface area contributed by atoms with Gasteiger partial charge in [-0.05, 0) is 13.0 Å². The molecule has 0 amide bonds. The number of ether oxygens (including phenoxy) is 1. The van der Waals surface area contributed by atoms with E-state index in [1.54, 1.807) is 17.2 Å². The van der Waals surface area contributed by atoms with Crippen molar-refractivity contribution in [2.24, 2.45) is 0 Å². The summed E-state index contributed by atoms with van der Waals surface area (Å²) >= 11 is 0. The molecule has 15 heavy (non-hydrogen) atoms. The van der Waals surface area contributed by atoms with E-state index in [0.29, 0.717) is 18.3 Å². The summed E-state index contributed by atoms with van der Waals surface area (Å²) in [6, 6.07) is 1.59. The zero-order valence-electron chi connectivity index (χ0n) is 8.80. The number of anilines is 2. The Kier molecular flexibility index (Phi) is 3.84. The highest BCUT2D eigenvalue weighted by molar-refractivity contribution is 5.74. The molecule has 0 fully saturated rings. The van der Waals surface area contributed by atoms with Crippen molar-refractivity contribution in [3.63, 3.8) is 0 Å². The van der Waals surface area contributed by atoms with Crippen LogP contribution >= 0.6 is 0 Å². The monoisotopic (exact) mass is 210 g/mol.